The largest absolute Gasteiger partial charge is 0.325 e. The molecule has 1 aromatic carbocycles. The number of thioether (sulfide) groups is 1. The van der Waals surface area contributed by atoms with E-state index in [1.807, 2.05) is 13.8 Å². The fraction of sp³-hybridized carbons (Fsp3) is 0.462. The predicted molar refractivity (Wildman–Crippen MR) is 71.0 cm³/mol. The predicted octanol–water partition coefficient (Wildman–Crippen LogP) is 4.38. The van der Waals surface area contributed by atoms with Gasteiger partial charge < -0.3 is 5.32 Å². The zero-order valence-corrected chi connectivity index (χ0v) is 11.3. The number of alkyl halides is 2. The van der Waals surface area contributed by atoms with Crippen LogP contribution in [0.5, 0.6) is 0 Å². The summed E-state index contributed by atoms with van der Waals surface area (Å²) in [6.07, 6.45) is 1.20. The minimum absolute atomic E-state index is 0.133. The molecule has 1 aromatic rings. The van der Waals surface area contributed by atoms with Gasteiger partial charge in [-0.05, 0) is 24.5 Å². The average Bonchev–Trinajstić information content (AvgIpc) is 2.28. The molecule has 0 aliphatic heterocycles. The van der Waals surface area contributed by atoms with E-state index in [1.54, 1.807) is 24.3 Å². The van der Waals surface area contributed by atoms with Crippen molar-refractivity contribution < 1.29 is 13.6 Å². The van der Waals surface area contributed by atoms with E-state index in [-0.39, 0.29) is 5.91 Å². The molecule has 0 fully saturated rings. The molecule has 0 saturated heterocycles. The number of carbonyl (C=O) groups excluding carboxylic acids is 1. The Morgan fingerprint density at radius 3 is 2.61 bits per heavy atom. The summed E-state index contributed by atoms with van der Waals surface area (Å²) >= 11 is 0.443. The van der Waals surface area contributed by atoms with Crippen molar-refractivity contribution in [3.05, 3.63) is 24.3 Å². The van der Waals surface area contributed by atoms with Crippen LogP contribution in [0.4, 0.5) is 14.5 Å². The molecule has 0 spiro atoms. The number of para-hydroxylation sites is 1. The highest BCUT2D eigenvalue weighted by atomic mass is 32.2. The van der Waals surface area contributed by atoms with Crippen molar-refractivity contribution in [1.29, 1.82) is 0 Å². The van der Waals surface area contributed by atoms with Crippen molar-refractivity contribution >= 4 is 23.4 Å². The Labute approximate surface area is 110 Å². The van der Waals surface area contributed by atoms with Gasteiger partial charge in [0.1, 0.15) is 0 Å². The summed E-state index contributed by atoms with van der Waals surface area (Å²) in [5, 5.41) is 2.68. The molecular weight excluding hydrogens is 256 g/mol. The molecule has 0 saturated carbocycles. The quantitative estimate of drug-likeness (QED) is 0.779. The Morgan fingerprint density at radius 1 is 1.33 bits per heavy atom. The summed E-state index contributed by atoms with van der Waals surface area (Å²) in [6, 6.07) is 6.61. The highest BCUT2D eigenvalue weighted by Crippen LogP contribution is 2.31. The third kappa shape index (κ3) is 5.49. The van der Waals surface area contributed by atoms with Gasteiger partial charge in [0.2, 0.25) is 5.91 Å². The first kappa shape index (κ1) is 15.0. The molecule has 1 rings (SSSR count). The lowest BCUT2D eigenvalue weighted by Gasteiger charge is -2.10. The Kier molecular flexibility index (Phi) is 6.12. The van der Waals surface area contributed by atoms with Crippen molar-refractivity contribution in [2.75, 3.05) is 5.32 Å². The number of benzene rings is 1. The number of carbonyl (C=O) groups is 1. The van der Waals surface area contributed by atoms with Crippen LogP contribution >= 0.6 is 11.8 Å². The van der Waals surface area contributed by atoms with Gasteiger partial charge in [-0.3, -0.25) is 4.79 Å². The monoisotopic (exact) mass is 273 g/mol. The Morgan fingerprint density at radius 2 is 2.00 bits per heavy atom. The Bertz CT molecular complexity index is 396. The summed E-state index contributed by atoms with van der Waals surface area (Å²) < 4.78 is 24.7. The minimum atomic E-state index is -2.49. The zero-order chi connectivity index (χ0) is 13.5. The van der Waals surface area contributed by atoms with Gasteiger partial charge in [0.25, 0.3) is 5.76 Å². The van der Waals surface area contributed by atoms with Gasteiger partial charge in [-0.25, -0.2) is 0 Å². The van der Waals surface area contributed by atoms with Crippen molar-refractivity contribution in [1.82, 2.24) is 0 Å². The van der Waals surface area contributed by atoms with E-state index in [1.165, 1.54) is 0 Å². The van der Waals surface area contributed by atoms with Gasteiger partial charge in [-0.15, -0.1) is 0 Å². The number of hydrogen-bond donors (Lipinski definition) is 1. The molecule has 0 heterocycles. The topological polar surface area (TPSA) is 29.1 Å². The maximum absolute atomic E-state index is 12.3. The van der Waals surface area contributed by atoms with Gasteiger partial charge in [-0.1, -0.05) is 37.7 Å². The van der Waals surface area contributed by atoms with Crippen LogP contribution in [0.15, 0.2) is 29.2 Å². The fourth-order valence-corrected chi connectivity index (χ4v) is 2.00. The minimum Gasteiger partial charge on any atom is -0.325 e. The van der Waals surface area contributed by atoms with Gasteiger partial charge in [0.05, 0.1) is 5.69 Å². The standard InChI is InChI=1S/C13H17F2NOS/c1-9(2)7-8-12(17)16-10-5-3-4-6-11(10)18-13(14)15/h3-6,9,13H,7-8H2,1-2H3,(H,16,17). The molecule has 1 amide bonds. The maximum atomic E-state index is 12.3. The van der Waals surface area contributed by atoms with Gasteiger partial charge >= 0.3 is 0 Å². The molecule has 1 N–H and O–H groups in total. The Balaban J connectivity index is 2.63. The molecule has 0 bridgehead atoms. The lowest BCUT2D eigenvalue weighted by atomic mass is 10.1. The molecule has 0 aliphatic rings. The lowest BCUT2D eigenvalue weighted by Crippen LogP contribution is -2.12. The first-order valence-corrected chi connectivity index (χ1v) is 6.70. The van der Waals surface area contributed by atoms with E-state index >= 15 is 0 Å². The second kappa shape index (κ2) is 7.36. The lowest BCUT2D eigenvalue weighted by molar-refractivity contribution is -0.116. The number of anilines is 1. The van der Waals surface area contributed by atoms with Crippen molar-refractivity contribution in [2.24, 2.45) is 5.92 Å². The summed E-state index contributed by atoms with van der Waals surface area (Å²) in [4.78, 5) is 12.0. The van der Waals surface area contributed by atoms with Crippen LogP contribution in [-0.4, -0.2) is 11.7 Å². The number of amides is 1. The zero-order valence-electron chi connectivity index (χ0n) is 10.5. The number of nitrogens with one attached hydrogen (secondary N) is 1. The van der Waals surface area contributed by atoms with E-state index in [0.29, 0.717) is 34.7 Å². The van der Waals surface area contributed by atoms with Crippen molar-refractivity contribution in [3.63, 3.8) is 0 Å². The average molecular weight is 273 g/mol. The normalized spacial score (nSPS) is 11.0. The molecule has 0 unspecified atom stereocenters. The maximum Gasteiger partial charge on any atom is 0.288 e. The summed E-state index contributed by atoms with van der Waals surface area (Å²) in [5.74, 6) is -2.17. The van der Waals surface area contributed by atoms with Crippen molar-refractivity contribution in [2.45, 2.75) is 37.3 Å². The van der Waals surface area contributed by atoms with Gasteiger partial charge in [0.15, 0.2) is 0 Å². The highest BCUT2D eigenvalue weighted by molar-refractivity contribution is 7.99. The van der Waals surface area contributed by atoms with Crippen LogP contribution in [-0.2, 0) is 4.79 Å². The third-order valence-corrected chi connectivity index (χ3v) is 3.11. The number of halogens is 2. The van der Waals surface area contributed by atoms with Crippen molar-refractivity contribution in [3.8, 4) is 0 Å². The molecule has 0 aromatic heterocycles. The molecule has 2 nitrogen and oxygen atoms in total. The number of hydrogen-bond acceptors (Lipinski definition) is 2. The van der Waals surface area contributed by atoms with Crippen LogP contribution in [0.3, 0.4) is 0 Å². The molecule has 18 heavy (non-hydrogen) atoms. The summed E-state index contributed by atoms with van der Waals surface area (Å²) in [6.45, 7) is 4.07. The molecule has 5 heteroatoms. The van der Waals surface area contributed by atoms with Gasteiger partial charge in [-0.2, -0.15) is 8.78 Å². The number of rotatable bonds is 6. The Hall–Kier alpha value is -1.10. The first-order valence-electron chi connectivity index (χ1n) is 5.82. The fourth-order valence-electron chi connectivity index (χ4n) is 1.40. The van der Waals surface area contributed by atoms with E-state index < -0.39 is 5.76 Å². The van der Waals surface area contributed by atoms with Crippen LogP contribution < -0.4 is 5.32 Å². The van der Waals surface area contributed by atoms with E-state index in [9.17, 15) is 13.6 Å². The molecule has 100 valence electrons. The first-order chi connectivity index (χ1) is 8.49. The van der Waals surface area contributed by atoms with Crippen LogP contribution in [0.1, 0.15) is 26.7 Å². The summed E-state index contributed by atoms with van der Waals surface area (Å²) in [5.41, 5.74) is 0.455. The van der Waals surface area contributed by atoms with E-state index in [2.05, 4.69) is 5.32 Å². The third-order valence-electron chi connectivity index (χ3n) is 2.33. The second-order valence-corrected chi connectivity index (χ2v) is 5.39. The molecule has 0 atom stereocenters. The highest BCUT2D eigenvalue weighted by Gasteiger charge is 2.11. The molecular formula is C13H17F2NOS. The SMILES string of the molecule is CC(C)CCC(=O)Nc1ccccc1SC(F)F. The van der Waals surface area contributed by atoms with E-state index in [4.69, 9.17) is 0 Å². The van der Waals surface area contributed by atoms with Crippen LogP contribution in [0.2, 0.25) is 0 Å². The van der Waals surface area contributed by atoms with Crippen LogP contribution in [0.25, 0.3) is 0 Å². The molecule has 0 aliphatic carbocycles. The van der Waals surface area contributed by atoms with Crippen LogP contribution in [0, 0.1) is 5.92 Å². The summed E-state index contributed by atoms with van der Waals surface area (Å²) in [7, 11) is 0. The second-order valence-electron chi connectivity index (χ2n) is 4.36. The molecule has 0 radical (unpaired) electrons. The van der Waals surface area contributed by atoms with Gasteiger partial charge in [0, 0.05) is 11.3 Å². The smallest absolute Gasteiger partial charge is 0.288 e. The van der Waals surface area contributed by atoms with E-state index in [0.717, 1.165) is 6.42 Å².